The van der Waals surface area contributed by atoms with Crippen LogP contribution in [0.5, 0.6) is 0 Å². The number of carboxylic acids is 1. The van der Waals surface area contributed by atoms with Gasteiger partial charge >= 0.3 is 5.97 Å². The maximum absolute atomic E-state index is 13.0. The highest BCUT2D eigenvalue weighted by Gasteiger charge is 2.25. The number of hydrogen-bond acceptors (Lipinski definition) is 3. The summed E-state index contributed by atoms with van der Waals surface area (Å²) in [6.07, 6.45) is 0. The number of piperazine rings is 1. The summed E-state index contributed by atoms with van der Waals surface area (Å²) in [5, 5.41) is 9.43. The molecular weight excluding hydrogens is 283 g/mol. The average molecular weight is 301 g/mol. The van der Waals surface area contributed by atoms with Gasteiger partial charge in [0.2, 0.25) is 0 Å². The lowest BCUT2D eigenvalue weighted by Gasteiger charge is -2.36. The number of halogens is 2. The zero-order valence-corrected chi connectivity index (χ0v) is 12.1. The molecule has 1 aliphatic rings. The predicted octanol–water partition coefficient (Wildman–Crippen LogP) is 2.07. The van der Waals surface area contributed by atoms with Gasteiger partial charge in [-0.2, -0.15) is 0 Å². The fraction of sp³-hybridized carbons (Fsp3) is 0.500. The number of carbonyl (C=O) groups is 1. The SMILES string of the molecule is C[C@@H](C(=O)O)N1CCN(Cc2ccc(F)cc2Cl)CC1. The number of benzene rings is 1. The minimum absolute atomic E-state index is 0.334. The molecule has 110 valence electrons. The van der Waals surface area contributed by atoms with Gasteiger partial charge in [0.25, 0.3) is 0 Å². The monoisotopic (exact) mass is 300 g/mol. The van der Waals surface area contributed by atoms with Crippen LogP contribution in [0.2, 0.25) is 5.02 Å². The van der Waals surface area contributed by atoms with E-state index >= 15 is 0 Å². The Morgan fingerprint density at radius 3 is 2.60 bits per heavy atom. The van der Waals surface area contributed by atoms with E-state index in [1.165, 1.54) is 12.1 Å². The first kappa shape index (κ1) is 15.2. The van der Waals surface area contributed by atoms with E-state index < -0.39 is 12.0 Å². The molecule has 0 radical (unpaired) electrons. The van der Waals surface area contributed by atoms with E-state index in [0.29, 0.717) is 24.7 Å². The third kappa shape index (κ3) is 3.69. The minimum Gasteiger partial charge on any atom is -0.480 e. The molecule has 1 N–H and O–H groups in total. The van der Waals surface area contributed by atoms with Crippen molar-refractivity contribution < 1.29 is 14.3 Å². The number of nitrogens with zero attached hydrogens (tertiary/aromatic N) is 2. The van der Waals surface area contributed by atoms with Gasteiger partial charge in [-0.1, -0.05) is 17.7 Å². The summed E-state index contributed by atoms with van der Waals surface area (Å²) in [5.41, 5.74) is 0.896. The molecule has 1 fully saturated rings. The second-order valence-electron chi connectivity index (χ2n) is 5.06. The maximum atomic E-state index is 13.0. The van der Waals surface area contributed by atoms with E-state index in [1.54, 1.807) is 13.0 Å². The van der Waals surface area contributed by atoms with Crippen molar-refractivity contribution in [3.05, 3.63) is 34.6 Å². The number of rotatable bonds is 4. The molecular formula is C14H18ClFN2O2. The Labute approximate surface area is 122 Å². The highest BCUT2D eigenvalue weighted by atomic mass is 35.5. The van der Waals surface area contributed by atoms with Crippen LogP contribution in [0.1, 0.15) is 12.5 Å². The summed E-state index contributed by atoms with van der Waals surface area (Å²) in [7, 11) is 0. The van der Waals surface area contributed by atoms with Gasteiger partial charge < -0.3 is 5.11 Å². The summed E-state index contributed by atoms with van der Waals surface area (Å²) in [6, 6.07) is 3.97. The third-order valence-electron chi connectivity index (χ3n) is 3.72. The van der Waals surface area contributed by atoms with Crippen LogP contribution in [0.25, 0.3) is 0 Å². The summed E-state index contributed by atoms with van der Waals surface area (Å²) < 4.78 is 13.0. The van der Waals surface area contributed by atoms with Crippen LogP contribution in [-0.2, 0) is 11.3 Å². The van der Waals surface area contributed by atoms with Crippen LogP contribution in [0.4, 0.5) is 4.39 Å². The van der Waals surface area contributed by atoms with E-state index in [0.717, 1.165) is 18.7 Å². The third-order valence-corrected chi connectivity index (χ3v) is 4.07. The van der Waals surface area contributed by atoms with Gasteiger partial charge in [-0.3, -0.25) is 14.6 Å². The molecule has 0 saturated carbocycles. The quantitative estimate of drug-likeness (QED) is 0.924. The Kier molecular flexibility index (Phi) is 4.96. The Morgan fingerprint density at radius 2 is 2.05 bits per heavy atom. The second kappa shape index (κ2) is 6.52. The second-order valence-corrected chi connectivity index (χ2v) is 5.47. The molecule has 1 aliphatic heterocycles. The molecule has 4 nitrogen and oxygen atoms in total. The molecule has 1 atom stereocenters. The standard InChI is InChI=1S/C14H18ClFN2O2/c1-10(14(19)20)18-6-4-17(5-7-18)9-11-2-3-12(16)8-13(11)15/h2-3,8,10H,4-7,9H2,1H3,(H,19,20)/t10-/m0/s1. The average Bonchev–Trinajstić information content (AvgIpc) is 2.42. The fourth-order valence-electron chi connectivity index (χ4n) is 2.36. The minimum atomic E-state index is -0.792. The molecule has 2 rings (SSSR count). The molecule has 0 bridgehead atoms. The van der Waals surface area contributed by atoms with Crippen molar-refractivity contribution in [1.29, 1.82) is 0 Å². The van der Waals surface area contributed by atoms with Gasteiger partial charge in [0.15, 0.2) is 0 Å². The van der Waals surface area contributed by atoms with Crippen molar-refractivity contribution in [2.75, 3.05) is 26.2 Å². The number of hydrogen-bond donors (Lipinski definition) is 1. The van der Waals surface area contributed by atoms with E-state index in [-0.39, 0.29) is 5.82 Å². The fourth-order valence-corrected chi connectivity index (χ4v) is 2.58. The first-order valence-corrected chi connectivity index (χ1v) is 6.98. The van der Waals surface area contributed by atoms with Crippen LogP contribution in [0.15, 0.2) is 18.2 Å². The number of aliphatic carboxylic acids is 1. The Morgan fingerprint density at radius 1 is 1.40 bits per heavy atom. The van der Waals surface area contributed by atoms with E-state index in [1.807, 2.05) is 4.90 Å². The van der Waals surface area contributed by atoms with E-state index in [2.05, 4.69) is 4.90 Å². The lowest BCUT2D eigenvalue weighted by Crippen LogP contribution is -2.51. The zero-order chi connectivity index (χ0) is 14.7. The Balaban J connectivity index is 1.90. The van der Waals surface area contributed by atoms with Crippen molar-refractivity contribution in [2.45, 2.75) is 19.5 Å². The first-order chi connectivity index (χ1) is 9.47. The Hall–Kier alpha value is -1.17. The molecule has 0 amide bonds. The van der Waals surface area contributed by atoms with Crippen LogP contribution in [-0.4, -0.2) is 53.1 Å². The first-order valence-electron chi connectivity index (χ1n) is 6.60. The molecule has 1 aromatic carbocycles. The molecule has 0 unspecified atom stereocenters. The van der Waals surface area contributed by atoms with Crippen molar-refractivity contribution in [1.82, 2.24) is 9.80 Å². The van der Waals surface area contributed by atoms with E-state index in [9.17, 15) is 9.18 Å². The molecule has 0 spiro atoms. The van der Waals surface area contributed by atoms with Crippen molar-refractivity contribution in [2.24, 2.45) is 0 Å². The van der Waals surface area contributed by atoms with Crippen LogP contribution < -0.4 is 0 Å². The Bertz CT molecular complexity index is 490. The van der Waals surface area contributed by atoms with Crippen LogP contribution >= 0.6 is 11.6 Å². The highest BCUT2D eigenvalue weighted by molar-refractivity contribution is 6.31. The van der Waals surface area contributed by atoms with Gasteiger partial charge in [0.1, 0.15) is 11.9 Å². The molecule has 1 saturated heterocycles. The smallest absolute Gasteiger partial charge is 0.320 e. The summed E-state index contributed by atoms with van der Waals surface area (Å²) in [4.78, 5) is 15.1. The maximum Gasteiger partial charge on any atom is 0.320 e. The van der Waals surface area contributed by atoms with Gasteiger partial charge in [-0.25, -0.2) is 4.39 Å². The van der Waals surface area contributed by atoms with Crippen LogP contribution in [0.3, 0.4) is 0 Å². The number of carboxylic acid groups (broad SMARTS) is 1. The van der Waals surface area contributed by atoms with Crippen LogP contribution in [0, 0.1) is 5.82 Å². The van der Waals surface area contributed by atoms with Gasteiger partial charge in [0.05, 0.1) is 0 Å². The normalized spacial score (nSPS) is 18.9. The van der Waals surface area contributed by atoms with Gasteiger partial charge in [0, 0.05) is 37.7 Å². The zero-order valence-electron chi connectivity index (χ0n) is 11.4. The molecule has 1 aromatic rings. The highest BCUT2D eigenvalue weighted by Crippen LogP contribution is 2.20. The van der Waals surface area contributed by atoms with Crippen molar-refractivity contribution >= 4 is 17.6 Å². The van der Waals surface area contributed by atoms with E-state index in [4.69, 9.17) is 16.7 Å². The lowest BCUT2D eigenvalue weighted by atomic mass is 10.1. The summed E-state index contributed by atoms with van der Waals surface area (Å²) in [6.45, 7) is 5.36. The summed E-state index contributed by atoms with van der Waals surface area (Å²) in [5.74, 6) is -1.13. The van der Waals surface area contributed by atoms with Crippen molar-refractivity contribution in [3.8, 4) is 0 Å². The predicted molar refractivity (Wildman–Crippen MR) is 75.4 cm³/mol. The van der Waals surface area contributed by atoms with Crippen molar-refractivity contribution in [3.63, 3.8) is 0 Å². The molecule has 0 aromatic heterocycles. The topological polar surface area (TPSA) is 43.8 Å². The molecule has 1 heterocycles. The van der Waals surface area contributed by atoms with Gasteiger partial charge in [-0.05, 0) is 24.6 Å². The molecule has 6 heteroatoms. The largest absolute Gasteiger partial charge is 0.480 e. The summed E-state index contributed by atoms with van der Waals surface area (Å²) >= 11 is 6.01. The molecule has 20 heavy (non-hydrogen) atoms. The molecule has 0 aliphatic carbocycles. The van der Waals surface area contributed by atoms with Gasteiger partial charge in [-0.15, -0.1) is 0 Å². The lowest BCUT2D eigenvalue weighted by molar-refractivity contribution is -0.143.